The molecule has 1 aromatic rings. The SMILES string of the molecule is NC(CCC1CCCCO1)c1ccc(F)c(F)c1F. The Morgan fingerprint density at radius 1 is 1.21 bits per heavy atom. The Kier molecular flexibility index (Phi) is 4.82. The molecule has 5 heteroatoms. The van der Waals surface area contributed by atoms with Crippen LogP contribution in [0.15, 0.2) is 12.1 Å². The Morgan fingerprint density at radius 3 is 2.68 bits per heavy atom. The summed E-state index contributed by atoms with van der Waals surface area (Å²) in [6.07, 6.45) is 4.52. The molecule has 0 spiro atoms. The normalized spacial score (nSPS) is 21.4. The van der Waals surface area contributed by atoms with Gasteiger partial charge in [-0.15, -0.1) is 0 Å². The highest BCUT2D eigenvalue weighted by atomic mass is 19.2. The summed E-state index contributed by atoms with van der Waals surface area (Å²) in [5.41, 5.74) is 5.87. The molecule has 2 N–H and O–H groups in total. The second kappa shape index (κ2) is 6.39. The van der Waals surface area contributed by atoms with E-state index in [1.54, 1.807) is 0 Å². The van der Waals surface area contributed by atoms with Crippen molar-refractivity contribution in [1.29, 1.82) is 0 Å². The fourth-order valence-electron chi connectivity index (χ4n) is 2.38. The fraction of sp³-hybridized carbons (Fsp3) is 0.571. The maximum absolute atomic E-state index is 13.6. The van der Waals surface area contributed by atoms with E-state index < -0.39 is 23.5 Å². The number of halogens is 3. The Hall–Kier alpha value is -1.07. The van der Waals surface area contributed by atoms with Gasteiger partial charge in [-0.2, -0.15) is 0 Å². The van der Waals surface area contributed by atoms with Gasteiger partial charge in [-0.25, -0.2) is 13.2 Å². The van der Waals surface area contributed by atoms with Gasteiger partial charge in [0.2, 0.25) is 0 Å². The second-order valence-electron chi connectivity index (χ2n) is 4.94. The average molecular weight is 273 g/mol. The first-order valence-electron chi connectivity index (χ1n) is 6.60. The summed E-state index contributed by atoms with van der Waals surface area (Å²) in [6, 6.07) is 1.48. The van der Waals surface area contributed by atoms with E-state index in [0.717, 1.165) is 31.9 Å². The fourth-order valence-corrected chi connectivity index (χ4v) is 2.38. The lowest BCUT2D eigenvalue weighted by molar-refractivity contribution is 0.00907. The minimum absolute atomic E-state index is 0.0229. The van der Waals surface area contributed by atoms with Gasteiger partial charge in [0.05, 0.1) is 6.10 Å². The molecule has 1 fully saturated rings. The summed E-state index contributed by atoms with van der Waals surface area (Å²) in [5, 5.41) is 0. The molecule has 0 radical (unpaired) electrons. The van der Waals surface area contributed by atoms with Crippen molar-refractivity contribution in [2.24, 2.45) is 5.73 Å². The topological polar surface area (TPSA) is 35.2 Å². The molecule has 1 aliphatic rings. The van der Waals surface area contributed by atoms with Crippen LogP contribution >= 0.6 is 0 Å². The third kappa shape index (κ3) is 3.48. The zero-order valence-electron chi connectivity index (χ0n) is 10.7. The van der Waals surface area contributed by atoms with Crippen LogP contribution in [0.3, 0.4) is 0 Å². The van der Waals surface area contributed by atoms with E-state index in [0.29, 0.717) is 12.8 Å². The minimum atomic E-state index is -1.46. The standard InChI is InChI=1S/C14H18F3NO/c15-11-6-5-10(13(16)14(11)17)12(18)7-4-9-3-1-2-8-19-9/h5-6,9,12H,1-4,7-8,18H2. The van der Waals surface area contributed by atoms with Crippen molar-refractivity contribution in [3.63, 3.8) is 0 Å². The Balaban J connectivity index is 1.95. The molecule has 0 bridgehead atoms. The Morgan fingerprint density at radius 2 is 2.00 bits per heavy atom. The lowest BCUT2D eigenvalue weighted by Gasteiger charge is -2.24. The Labute approximate surface area is 110 Å². The molecule has 2 nitrogen and oxygen atoms in total. The molecule has 0 saturated carbocycles. The van der Waals surface area contributed by atoms with Gasteiger partial charge in [0, 0.05) is 18.2 Å². The van der Waals surface area contributed by atoms with E-state index in [1.807, 2.05) is 0 Å². The van der Waals surface area contributed by atoms with Crippen molar-refractivity contribution in [1.82, 2.24) is 0 Å². The first kappa shape index (κ1) is 14.3. The molecule has 0 aliphatic carbocycles. The molecule has 1 aliphatic heterocycles. The number of rotatable bonds is 4. The highest BCUT2D eigenvalue weighted by Crippen LogP contribution is 2.25. The van der Waals surface area contributed by atoms with E-state index in [1.165, 1.54) is 6.07 Å². The van der Waals surface area contributed by atoms with Gasteiger partial charge >= 0.3 is 0 Å². The highest BCUT2D eigenvalue weighted by Gasteiger charge is 2.20. The molecule has 106 valence electrons. The summed E-state index contributed by atoms with van der Waals surface area (Å²) in [7, 11) is 0. The van der Waals surface area contributed by atoms with Crippen LogP contribution in [-0.4, -0.2) is 12.7 Å². The van der Waals surface area contributed by atoms with Crippen LogP contribution in [0.4, 0.5) is 13.2 Å². The molecule has 1 saturated heterocycles. The van der Waals surface area contributed by atoms with E-state index in [2.05, 4.69) is 0 Å². The Bertz CT molecular complexity index is 433. The first-order valence-corrected chi connectivity index (χ1v) is 6.60. The van der Waals surface area contributed by atoms with Gasteiger partial charge in [0.25, 0.3) is 0 Å². The quantitative estimate of drug-likeness (QED) is 0.853. The summed E-state index contributed by atoms with van der Waals surface area (Å²) < 4.78 is 45.0. The molecule has 19 heavy (non-hydrogen) atoms. The smallest absolute Gasteiger partial charge is 0.194 e. The van der Waals surface area contributed by atoms with Crippen LogP contribution in [0.5, 0.6) is 0 Å². The number of hydrogen-bond donors (Lipinski definition) is 1. The minimum Gasteiger partial charge on any atom is -0.378 e. The number of nitrogens with two attached hydrogens (primary N) is 1. The molecule has 1 aromatic carbocycles. The maximum atomic E-state index is 13.6. The zero-order chi connectivity index (χ0) is 13.8. The van der Waals surface area contributed by atoms with Crippen LogP contribution in [0.25, 0.3) is 0 Å². The van der Waals surface area contributed by atoms with Crippen molar-refractivity contribution in [2.75, 3.05) is 6.61 Å². The first-order chi connectivity index (χ1) is 9.09. The molecular formula is C14H18F3NO. The molecule has 0 amide bonds. The number of benzene rings is 1. The van der Waals surface area contributed by atoms with Crippen molar-refractivity contribution < 1.29 is 17.9 Å². The molecule has 2 rings (SSSR count). The average Bonchev–Trinajstić information content (AvgIpc) is 2.43. The van der Waals surface area contributed by atoms with Gasteiger partial charge < -0.3 is 10.5 Å². The summed E-state index contributed by atoms with van der Waals surface area (Å²) in [5.74, 6) is -3.83. The monoisotopic (exact) mass is 273 g/mol. The highest BCUT2D eigenvalue weighted by molar-refractivity contribution is 5.23. The van der Waals surface area contributed by atoms with Crippen molar-refractivity contribution >= 4 is 0 Å². The number of hydrogen-bond acceptors (Lipinski definition) is 2. The van der Waals surface area contributed by atoms with Gasteiger partial charge in [-0.1, -0.05) is 6.07 Å². The summed E-state index contributed by atoms with van der Waals surface area (Å²) in [6.45, 7) is 0.749. The lowest BCUT2D eigenvalue weighted by atomic mass is 9.97. The molecule has 1 heterocycles. The second-order valence-corrected chi connectivity index (χ2v) is 4.94. The van der Waals surface area contributed by atoms with Gasteiger partial charge in [0.15, 0.2) is 17.5 Å². The van der Waals surface area contributed by atoms with Crippen LogP contribution in [0, 0.1) is 17.5 Å². The van der Waals surface area contributed by atoms with Crippen LogP contribution in [0.1, 0.15) is 43.7 Å². The van der Waals surface area contributed by atoms with Gasteiger partial charge in [-0.05, 0) is 38.2 Å². The predicted octanol–water partition coefficient (Wildman–Crippen LogP) is 3.45. The van der Waals surface area contributed by atoms with E-state index in [4.69, 9.17) is 10.5 Å². The molecular weight excluding hydrogens is 255 g/mol. The van der Waals surface area contributed by atoms with Crippen LogP contribution in [-0.2, 0) is 4.74 Å². The van der Waals surface area contributed by atoms with E-state index in [9.17, 15) is 13.2 Å². The summed E-state index contributed by atoms with van der Waals surface area (Å²) >= 11 is 0. The van der Waals surface area contributed by atoms with Crippen LogP contribution < -0.4 is 5.73 Å². The van der Waals surface area contributed by atoms with E-state index in [-0.39, 0.29) is 11.7 Å². The maximum Gasteiger partial charge on any atom is 0.194 e. The number of ether oxygens (including phenoxy) is 1. The lowest BCUT2D eigenvalue weighted by Crippen LogP contribution is -2.22. The van der Waals surface area contributed by atoms with Crippen LogP contribution in [0.2, 0.25) is 0 Å². The third-order valence-corrected chi connectivity index (χ3v) is 3.54. The summed E-state index contributed by atoms with van der Waals surface area (Å²) in [4.78, 5) is 0. The van der Waals surface area contributed by atoms with Crippen molar-refractivity contribution in [3.05, 3.63) is 35.1 Å². The predicted molar refractivity (Wildman–Crippen MR) is 66.1 cm³/mol. The van der Waals surface area contributed by atoms with Crippen molar-refractivity contribution in [3.8, 4) is 0 Å². The molecule has 2 atom stereocenters. The largest absolute Gasteiger partial charge is 0.378 e. The van der Waals surface area contributed by atoms with Gasteiger partial charge in [-0.3, -0.25) is 0 Å². The zero-order valence-corrected chi connectivity index (χ0v) is 10.7. The van der Waals surface area contributed by atoms with Gasteiger partial charge in [0.1, 0.15) is 0 Å². The third-order valence-electron chi connectivity index (χ3n) is 3.54. The molecule has 2 unspecified atom stereocenters. The molecule has 0 aromatic heterocycles. The van der Waals surface area contributed by atoms with E-state index >= 15 is 0 Å². The van der Waals surface area contributed by atoms with Crippen molar-refractivity contribution in [2.45, 2.75) is 44.2 Å².